The number of allylic oxidation sites excluding steroid dienone is 3. The van der Waals surface area contributed by atoms with E-state index >= 15 is 0 Å². The van der Waals surface area contributed by atoms with Gasteiger partial charge in [-0.05, 0) is 103 Å². The number of fused-ring (bicyclic) bond motifs is 6. The fraction of sp³-hybridized carbons (Fsp3) is 0.909. The zero-order chi connectivity index (χ0) is 40.2. The molecule has 11 nitrogen and oxygen atoms in total. The Hall–Kier alpha value is -0.960. The Labute approximate surface area is 328 Å². The summed E-state index contributed by atoms with van der Waals surface area (Å²) in [7, 11) is 0. The highest BCUT2D eigenvalue weighted by Gasteiger charge is 2.66. The van der Waals surface area contributed by atoms with Crippen molar-refractivity contribution < 1.29 is 55.1 Å². The van der Waals surface area contributed by atoms with Gasteiger partial charge in [0.05, 0.1) is 37.1 Å². The Kier molecular flexibility index (Phi) is 11.5. The normalized spacial score (nSPS) is 54.9. The van der Waals surface area contributed by atoms with Gasteiger partial charge in [-0.3, -0.25) is 0 Å². The molecular formula is C44H72O11. The van der Waals surface area contributed by atoms with Crippen LogP contribution in [0, 0.1) is 63.1 Å². The van der Waals surface area contributed by atoms with Gasteiger partial charge in [-0.15, -0.1) is 0 Å². The van der Waals surface area contributed by atoms with Gasteiger partial charge >= 0.3 is 0 Å². The molecule has 0 bridgehead atoms. The van der Waals surface area contributed by atoms with Crippen molar-refractivity contribution in [1.82, 2.24) is 0 Å². The largest absolute Gasteiger partial charge is 0.396 e. The second-order valence-electron chi connectivity index (χ2n) is 20.8. The van der Waals surface area contributed by atoms with E-state index in [1.165, 1.54) is 11.1 Å². The lowest BCUT2D eigenvalue weighted by Crippen LogP contribution is -2.66. The summed E-state index contributed by atoms with van der Waals surface area (Å²) in [5.74, 6) is 0.654. The first-order valence-electron chi connectivity index (χ1n) is 21.5. The molecule has 8 N–H and O–H groups in total. The van der Waals surface area contributed by atoms with Crippen LogP contribution in [-0.4, -0.2) is 121 Å². The first-order chi connectivity index (χ1) is 25.8. The lowest BCUT2D eigenvalue weighted by Gasteiger charge is -2.68. The van der Waals surface area contributed by atoms with Gasteiger partial charge in [0.25, 0.3) is 0 Å². The van der Waals surface area contributed by atoms with Crippen LogP contribution in [0.3, 0.4) is 0 Å². The van der Waals surface area contributed by atoms with Gasteiger partial charge < -0.3 is 55.1 Å². The van der Waals surface area contributed by atoms with E-state index in [9.17, 15) is 40.9 Å². The molecule has 4 saturated carbocycles. The van der Waals surface area contributed by atoms with Gasteiger partial charge in [-0.25, -0.2) is 0 Å². The van der Waals surface area contributed by atoms with Crippen molar-refractivity contribution in [1.29, 1.82) is 0 Å². The molecule has 3 unspecified atom stereocenters. The average molecular weight is 777 g/mol. The summed E-state index contributed by atoms with van der Waals surface area (Å²) in [6.45, 7) is 17.4. The van der Waals surface area contributed by atoms with E-state index in [1.807, 2.05) is 0 Å². The predicted octanol–water partition coefficient (Wildman–Crippen LogP) is 3.47. The molecule has 1 aliphatic heterocycles. The minimum Gasteiger partial charge on any atom is -0.396 e. The molecule has 5 fully saturated rings. The summed E-state index contributed by atoms with van der Waals surface area (Å²) >= 11 is 0. The summed E-state index contributed by atoms with van der Waals surface area (Å²) in [5.41, 5.74) is 2.26. The molecule has 0 aromatic rings. The molecule has 6 aliphatic carbocycles. The molecule has 11 heteroatoms. The number of aliphatic hydroxyl groups is 8. The van der Waals surface area contributed by atoms with Gasteiger partial charge in [-0.2, -0.15) is 0 Å². The van der Waals surface area contributed by atoms with E-state index in [2.05, 4.69) is 60.6 Å². The monoisotopic (exact) mass is 777 g/mol. The highest BCUT2D eigenvalue weighted by Crippen LogP contribution is 2.71. The lowest BCUT2D eigenvalue weighted by atomic mass is 9.37. The summed E-state index contributed by atoms with van der Waals surface area (Å²) in [5, 5.41) is 87.5. The standard InChI is InChI=1S/C44H72O11/c1-9-23-17-41(4,5)18-26-25-10-11-28-42(6)15-13-30(44(8,20-46)29(42)12-14-43(28,7)32(25)21(2)33(47)31(23)26)55-40-38(52)39(34(48)22(3)53-40)54-27-16-24(19-45)35(49)37(51)36(27)50/h10-11,21-24,27-40,45-52H,9,12-20H2,1-8H3/t21-,22-,23-,24+,27+,28-,29?,30+,31?,32?,33-,34-,35+,36+,37-,38-,39+,40+,42-,43-,44+/m1/s1. The summed E-state index contributed by atoms with van der Waals surface area (Å²) in [6, 6.07) is 0. The van der Waals surface area contributed by atoms with E-state index in [4.69, 9.17) is 14.2 Å². The third kappa shape index (κ3) is 6.57. The molecule has 55 heavy (non-hydrogen) atoms. The molecule has 1 saturated heterocycles. The number of rotatable bonds is 7. The molecule has 21 atom stereocenters. The zero-order valence-electron chi connectivity index (χ0n) is 34.4. The van der Waals surface area contributed by atoms with Crippen LogP contribution < -0.4 is 0 Å². The molecule has 1 heterocycles. The Morgan fingerprint density at radius 1 is 0.800 bits per heavy atom. The van der Waals surface area contributed by atoms with Gasteiger partial charge in [0.15, 0.2) is 6.29 Å². The third-order valence-corrected chi connectivity index (χ3v) is 17.0. The average Bonchev–Trinajstić information content (AvgIpc) is 3.14. The molecule has 314 valence electrons. The predicted molar refractivity (Wildman–Crippen MR) is 205 cm³/mol. The molecule has 7 aliphatic rings. The molecule has 0 spiro atoms. The lowest BCUT2D eigenvalue weighted by molar-refractivity contribution is -0.339. The highest BCUT2D eigenvalue weighted by molar-refractivity contribution is 5.42. The second kappa shape index (κ2) is 14.9. The number of aliphatic hydroxyl groups excluding tert-OH is 8. The van der Waals surface area contributed by atoms with E-state index in [0.717, 1.165) is 38.5 Å². The van der Waals surface area contributed by atoms with Gasteiger partial charge in [0.1, 0.15) is 30.5 Å². The highest BCUT2D eigenvalue weighted by atomic mass is 16.7. The van der Waals surface area contributed by atoms with Crippen molar-refractivity contribution in [3.8, 4) is 0 Å². The van der Waals surface area contributed by atoms with Crippen LogP contribution in [-0.2, 0) is 14.2 Å². The van der Waals surface area contributed by atoms with Crippen LogP contribution in [0.1, 0.15) is 107 Å². The molecule has 0 amide bonds. The first-order valence-corrected chi connectivity index (χ1v) is 21.5. The van der Waals surface area contributed by atoms with Gasteiger partial charge in [0.2, 0.25) is 0 Å². The minimum atomic E-state index is -1.56. The van der Waals surface area contributed by atoms with Crippen LogP contribution in [0.15, 0.2) is 23.3 Å². The Balaban J connectivity index is 1.14. The maximum atomic E-state index is 12.1. The fourth-order valence-electron chi connectivity index (χ4n) is 14.2. The Morgan fingerprint density at radius 3 is 2.15 bits per heavy atom. The molecule has 0 radical (unpaired) electrons. The second-order valence-corrected chi connectivity index (χ2v) is 20.8. The van der Waals surface area contributed by atoms with E-state index < -0.39 is 79.2 Å². The smallest absolute Gasteiger partial charge is 0.186 e. The van der Waals surface area contributed by atoms with Crippen molar-refractivity contribution in [2.75, 3.05) is 13.2 Å². The summed E-state index contributed by atoms with van der Waals surface area (Å²) in [6.07, 6.45) is -0.812. The van der Waals surface area contributed by atoms with Crippen molar-refractivity contribution in [3.05, 3.63) is 23.3 Å². The maximum Gasteiger partial charge on any atom is 0.186 e. The third-order valence-electron chi connectivity index (χ3n) is 17.0. The quantitative estimate of drug-likeness (QED) is 0.177. The SMILES string of the molecule is CC[C@@H]1CC(C)(C)CC2=C3C=C[C@H]4[C@@](C)(CCC5[C@]4(C)CC[C@H](O[C@@H]4O[C@H](C)[C@@H](O)[C@H](O[C@H]6C[C@@H](CO)[C@H](O)[C@@H](O)[C@H]6O)[C@H]4O)[C@@]5(C)CO)C3[C@@H](C)[C@@H](O)C21. The van der Waals surface area contributed by atoms with Gasteiger partial charge in [0, 0.05) is 23.9 Å². The van der Waals surface area contributed by atoms with Crippen molar-refractivity contribution in [3.63, 3.8) is 0 Å². The Bertz CT molecular complexity index is 1460. The summed E-state index contributed by atoms with van der Waals surface area (Å²) < 4.78 is 18.9. The van der Waals surface area contributed by atoms with Crippen LogP contribution in [0.2, 0.25) is 0 Å². The van der Waals surface area contributed by atoms with Crippen LogP contribution in [0.25, 0.3) is 0 Å². The zero-order valence-corrected chi connectivity index (χ0v) is 34.4. The van der Waals surface area contributed by atoms with Crippen LogP contribution in [0.4, 0.5) is 0 Å². The number of hydrogen-bond donors (Lipinski definition) is 8. The van der Waals surface area contributed by atoms with E-state index in [-0.39, 0.29) is 65.0 Å². The molecule has 7 rings (SSSR count). The van der Waals surface area contributed by atoms with E-state index in [1.54, 1.807) is 6.92 Å². The van der Waals surface area contributed by atoms with Crippen molar-refractivity contribution in [2.45, 2.75) is 174 Å². The fourth-order valence-corrected chi connectivity index (χ4v) is 14.2. The van der Waals surface area contributed by atoms with Crippen molar-refractivity contribution in [2.24, 2.45) is 63.1 Å². The first kappa shape index (κ1) is 42.2. The topological polar surface area (TPSA) is 190 Å². The van der Waals surface area contributed by atoms with Gasteiger partial charge in [-0.1, -0.05) is 72.6 Å². The number of ether oxygens (including phenoxy) is 3. The molecular weight excluding hydrogens is 704 g/mol. The molecule has 0 aromatic carbocycles. The van der Waals surface area contributed by atoms with E-state index in [0.29, 0.717) is 12.3 Å². The van der Waals surface area contributed by atoms with Crippen molar-refractivity contribution >= 4 is 0 Å². The van der Waals surface area contributed by atoms with Crippen LogP contribution in [0.5, 0.6) is 0 Å². The maximum absolute atomic E-state index is 12.1. The molecule has 0 aromatic heterocycles. The number of hydrogen-bond acceptors (Lipinski definition) is 11. The minimum absolute atomic E-state index is 0.0155. The van der Waals surface area contributed by atoms with Crippen LogP contribution >= 0.6 is 0 Å². The Morgan fingerprint density at radius 2 is 1.49 bits per heavy atom. The summed E-state index contributed by atoms with van der Waals surface area (Å²) in [4.78, 5) is 0.